The van der Waals surface area contributed by atoms with Gasteiger partial charge in [-0.15, -0.1) is 25.3 Å². The lowest BCUT2D eigenvalue weighted by molar-refractivity contribution is -0.198. The minimum atomic E-state index is -4.97. The molecule has 0 aromatic carbocycles. The van der Waals surface area contributed by atoms with Crippen LogP contribution in [0.5, 0.6) is 0 Å². The highest BCUT2D eigenvalue weighted by Gasteiger charge is 2.41. The van der Waals surface area contributed by atoms with Gasteiger partial charge in [0.15, 0.2) is 4.77 Å². The van der Waals surface area contributed by atoms with E-state index in [0.29, 0.717) is 0 Å². The highest BCUT2D eigenvalue weighted by atomic mass is 32.2. The van der Waals surface area contributed by atoms with Crippen molar-refractivity contribution in [2.75, 3.05) is 0 Å². The average Bonchev–Trinajstić information content (AvgIpc) is 1.60. The van der Waals surface area contributed by atoms with Crippen molar-refractivity contribution >= 4 is 31.2 Å². The fourth-order valence-corrected chi connectivity index (χ4v) is 0.354. The topological polar surface area (TPSA) is 26.3 Å². The summed E-state index contributed by atoms with van der Waals surface area (Å²) < 4.78 is 36.0. The number of hydrogen-bond donors (Lipinski definition) is 2. The Balaban J connectivity index is 3.87. The van der Waals surface area contributed by atoms with Crippen molar-refractivity contribution < 1.29 is 22.7 Å². The van der Waals surface area contributed by atoms with Gasteiger partial charge in [-0.05, 0) is 0 Å². The first-order chi connectivity index (χ1) is 4.34. The second-order valence-corrected chi connectivity index (χ2v) is 2.57. The minimum Gasteiger partial charge on any atom is -0.435 e. The minimum absolute atomic E-state index is 1.34. The van der Waals surface area contributed by atoms with Gasteiger partial charge in [-0.25, -0.2) is 4.79 Å². The zero-order valence-electron chi connectivity index (χ0n) is 4.42. The van der Waals surface area contributed by atoms with Crippen LogP contribution < -0.4 is 0 Å². The van der Waals surface area contributed by atoms with Crippen LogP contribution in [-0.4, -0.2) is 16.9 Å². The van der Waals surface area contributed by atoms with Gasteiger partial charge >= 0.3 is 12.1 Å². The summed E-state index contributed by atoms with van der Waals surface area (Å²) in [5.41, 5.74) is 0. The first-order valence-electron chi connectivity index (χ1n) is 1.98. The molecule has 0 spiro atoms. The summed E-state index contributed by atoms with van der Waals surface area (Å²) in [6.45, 7) is 0. The molecular weight excluding hydrogens is 189 g/mol. The van der Waals surface area contributed by atoms with Gasteiger partial charge in [-0.2, -0.15) is 13.2 Å². The molecule has 0 aliphatic rings. The van der Waals surface area contributed by atoms with E-state index >= 15 is 0 Å². The van der Waals surface area contributed by atoms with Gasteiger partial charge < -0.3 is 4.74 Å². The number of esters is 1. The van der Waals surface area contributed by atoms with Crippen molar-refractivity contribution in [2.24, 2.45) is 0 Å². The molecule has 0 N–H and O–H groups in total. The zero-order valence-corrected chi connectivity index (χ0v) is 6.21. The Hall–Kier alpha value is -0.0400. The molecule has 0 aromatic rings. The molecule has 0 bridgehead atoms. The largest absolute Gasteiger partial charge is 0.490 e. The van der Waals surface area contributed by atoms with E-state index in [1.54, 1.807) is 0 Å². The summed E-state index contributed by atoms with van der Waals surface area (Å²) in [4.78, 5) is 9.83. The Kier molecular flexibility index (Phi) is 3.37. The monoisotopic (exact) mass is 192 g/mol. The number of alkyl halides is 3. The van der Waals surface area contributed by atoms with Crippen LogP contribution in [-0.2, 0) is 9.53 Å². The summed E-state index contributed by atoms with van der Waals surface area (Å²) in [6.07, 6.45) is -4.97. The Morgan fingerprint density at radius 1 is 1.40 bits per heavy atom. The molecule has 0 aliphatic heterocycles. The summed E-state index contributed by atoms with van der Waals surface area (Å²) >= 11 is 6.58. The number of carbonyl (C=O) groups is 1. The van der Waals surface area contributed by atoms with Crippen LogP contribution >= 0.6 is 25.3 Å². The molecule has 10 heavy (non-hydrogen) atoms. The number of halogens is 3. The molecule has 0 rings (SSSR count). The third-order valence-corrected chi connectivity index (χ3v) is 0.655. The van der Waals surface area contributed by atoms with Gasteiger partial charge in [-0.3, -0.25) is 0 Å². The molecular formula is C3H3F3O2S2. The maximum absolute atomic E-state index is 11.3. The highest BCUT2D eigenvalue weighted by molar-refractivity contribution is 7.98. The standard InChI is InChI=1S/C3H3F3O2S2/c4-3(5,6)1(7)8-2(9)10/h2,9-10H. The Bertz CT molecular complexity index is 132. The molecule has 2 nitrogen and oxygen atoms in total. The van der Waals surface area contributed by atoms with Gasteiger partial charge in [0.2, 0.25) is 0 Å². The van der Waals surface area contributed by atoms with Crippen LogP contribution in [0.3, 0.4) is 0 Å². The lowest BCUT2D eigenvalue weighted by atomic mass is 10.7. The third kappa shape index (κ3) is 3.89. The molecule has 0 atom stereocenters. The molecule has 0 aliphatic carbocycles. The van der Waals surface area contributed by atoms with Gasteiger partial charge in [0.05, 0.1) is 0 Å². The van der Waals surface area contributed by atoms with E-state index in [4.69, 9.17) is 0 Å². The first-order valence-corrected chi connectivity index (χ1v) is 3.01. The quantitative estimate of drug-likeness (QED) is 0.371. The average molecular weight is 192 g/mol. The maximum Gasteiger partial charge on any atom is 0.490 e. The molecule has 0 heterocycles. The molecule has 0 unspecified atom stereocenters. The van der Waals surface area contributed by atoms with E-state index in [0.717, 1.165) is 0 Å². The molecule has 0 amide bonds. The lowest BCUT2D eigenvalue weighted by Gasteiger charge is -2.07. The van der Waals surface area contributed by atoms with Gasteiger partial charge in [0.25, 0.3) is 0 Å². The third-order valence-electron chi connectivity index (χ3n) is 0.444. The molecule has 0 fully saturated rings. The summed E-state index contributed by atoms with van der Waals surface area (Å²) in [5, 5.41) is 0. The van der Waals surface area contributed by atoms with Crippen molar-refractivity contribution in [2.45, 2.75) is 10.9 Å². The van der Waals surface area contributed by atoms with Gasteiger partial charge in [0, 0.05) is 0 Å². The van der Waals surface area contributed by atoms with Crippen LogP contribution in [0.15, 0.2) is 0 Å². The van der Waals surface area contributed by atoms with Crippen molar-refractivity contribution in [1.82, 2.24) is 0 Å². The summed E-state index contributed by atoms with van der Waals surface area (Å²) in [6, 6.07) is 0. The Morgan fingerprint density at radius 3 is 1.90 bits per heavy atom. The first kappa shape index (κ1) is 9.96. The van der Waals surface area contributed by atoms with Crippen molar-refractivity contribution in [3.8, 4) is 0 Å². The van der Waals surface area contributed by atoms with Gasteiger partial charge in [-0.1, -0.05) is 0 Å². The molecule has 0 saturated carbocycles. The molecule has 60 valence electrons. The predicted molar refractivity (Wildman–Crippen MR) is 33.9 cm³/mol. The van der Waals surface area contributed by atoms with E-state index in [9.17, 15) is 18.0 Å². The van der Waals surface area contributed by atoms with E-state index in [2.05, 4.69) is 30.0 Å². The van der Waals surface area contributed by atoms with Gasteiger partial charge in [0.1, 0.15) is 0 Å². The summed E-state index contributed by atoms with van der Waals surface area (Å²) in [7, 11) is 0. The normalized spacial score (nSPS) is 11.8. The summed E-state index contributed by atoms with van der Waals surface area (Å²) in [5.74, 6) is -2.29. The zero-order chi connectivity index (χ0) is 8.36. The second kappa shape index (κ2) is 3.38. The van der Waals surface area contributed by atoms with Crippen LogP contribution in [0.1, 0.15) is 0 Å². The van der Waals surface area contributed by atoms with E-state index in [-0.39, 0.29) is 0 Å². The SMILES string of the molecule is O=C(OC(S)S)C(F)(F)F. The molecule has 7 heteroatoms. The fraction of sp³-hybridized carbons (Fsp3) is 0.667. The van der Waals surface area contributed by atoms with Crippen molar-refractivity contribution in [3.63, 3.8) is 0 Å². The van der Waals surface area contributed by atoms with Crippen molar-refractivity contribution in [1.29, 1.82) is 0 Å². The number of rotatable bonds is 1. The Labute approximate surface area is 65.6 Å². The number of ether oxygens (including phenoxy) is 1. The molecule has 0 radical (unpaired) electrons. The highest BCUT2D eigenvalue weighted by Crippen LogP contribution is 2.18. The predicted octanol–water partition coefficient (Wildman–Crippen LogP) is 1.24. The molecule has 0 aromatic heterocycles. The van der Waals surface area contributed by atoms with E-state index in [1.165, 1.54) is 0 Å². The number of hydrogen-bond acceptors (Lipinski definition) is 4. The van der Waals surface area contributed by atoms with Crippen LogP contribution in [0.2, 0.25) is 0 Å². The van der Waals surface area contributed by atoms with Crippen molar-refractivity contribution in [3.05, 3.63) is 0 Å². The lowest BCUT2D eigenvalue weighted by Crippen LogP contribution is -2.26. The van der Waals surface area contributed by atoms with Crippen LogP contribution in [0.4, 0.5) is 13.2 Å². The van der Waals surface area contributed by atoms with Crippen LogP contribution in [0, 0.1) is 0 Å². The number of thiol groups is 2. The van der Waals surface area contributed by atoms with E-state index in [1.807, 2.05) is 0 Å². The van der Waals surface area contributed by atoms with E-state index < -0.39 is 16.9 Å². The van der Waals surface area contributed by atoms with Crippen LogP contribution in [0.25, 0.3) is 0 Å². The smallest absolute Gasteiger partial charge is 0.435 e. The second-order valence-electron chi connectivity index (χ2n) is 1.23. The maximum atomic E-state index is 11.3. The number of carbonyl (C=O) groups excluding carboxylic acids is 1. The Morgan fingerprint density at radius 2 is 1.80 bits per heavy atom. The molecule has 0 saturated heterocycles. The fourth-order valence-electron chi connectivity index (χ4n) is 0.163.